The summed E-state index contributed by atoms with van der Waals surface area (Å²) in [7, 11) is 0. The van der Waals surface area contributed by atoms with Gasteiger partial charge in [0, 0.05) is 5.69 Å². The van der Waals surface area contributed by atoms with Crippen LogP contribution in [0, 0.1) is 35.5 Å². The van der Waals surface area contributed by atoms with Crippen LogP contribution in [0.5, 0.6) is 0 Å². The van der Waals surface area contributed by atoms with Gasteiger partial charge in [0.1, 0.15) is 0 Å². The van der Waals surface area contributed by atoms with E-state index in [9.17, 15) is 19.5 Å². The van der Waals surface area contributed by atoms with Crippen LogP contribution in [0.4, 0.5) is 5.69 Å². The van der Waals surface area contributed by atoms with Gasteiger partial charge in [-0.3, -0.25) is 9.59 Å². The molecule has 0 saturated heterocycles. The van der Waals surface area contributed by atoms with Crippen molar-refractivity contribution in [2.45, 2.75) is 13.3 Å². The zero-order valence-electron chi connectivity index (χ0n) is 14.4. The number of amides is 1. The van der Waals surface area contributed by atoms with E-state index in [-0.39, 0.29) is 17.7 Å². The molecule has 26 heavy (non-hydrogen) atoms. The van der Waals surface area contributed by atoms with Gasteiger partial charge in [0.2, 0.25) is 5.91 Å². The van der Waals surface area contributed by atoms with Crippen LogP contribution in [-0.4, -0.2) is 29.6 Å². The first-order valence-corrected chi connectivity index (χ1v) is 9.00. The van der Waals surface area contributed by atoms with Gasteiger partial charge in [0.05, 0.1) is 24.0 Å². The van der Waals surface area contributed by atoms with E-state index >= 15 is 0 Å². The highest BCUT2D eigenvalue weighted by Crippen LogP contribution is 2.63. The van der Waals surface area contributed by atoms with Crippen molar-refractivity contribution in [1.82, 2.24) is 0 Å². The summed E-state index contributed by atoms with van der Waals surface area (Å²) in [5, 5.41) is 12.5. The highest BCUT2D eigenvalue weighted by Gasteiger charge is 2.62. The third-order valence-corrected chi connectivity index (χ3v) is 5.90. The molecule has 0 aromatic heterocycles. The Morgan fingerprint density at radius 3 is 2.27 bits per heavy atom. The molecule has 6 heteroatoms. The van der Waals surface area contributed by atoms with E-state index in [0.29, 0.717) is 29.7 Å². The summed E-state index contributed by atoms with van der Waals surface area (Å²) in [5.41, 5.74) is 0.957. The first-order chi connectivity index (χ1) is 12.5. The number of hydrogen-bond donors (Lipinski definition) is 2. The van der Waals surface area contributed by atoms with Crippen molar-refractivity contribution in [2.24, 2.45) is 35.5 Å². The number of anilines is 1. The molecular weight excluding hydrogens is 334 g/mol. The van der Waals surface area contributed by atoms with Gasteiger partial charge in [-0.05, 0) is 61.3 Å². The predicted molar refractivity (Wildman–Crippen MR) is 93.4 cm³/mol. The highest BCUT2D eigenvalue weighted by atomic mass is 16.5. The SMILES string of the molecule is CCOC(=O)c1ccc(NC(=O)[C@H]2[C@@H]3C=C[C@H]([C@H]4C[C@H]34)[C@@H]2C(=O)O)cc1. The van der Waals surface area contributed by atoms with Crippen LogP contribution in [-0.2, 0) is 14.3 Å². The molecule has 0 radical (unpaired) electrons. The smallest absolute Gasteiger partial charge is 0.338 e. The van der Waals surface area contributed by atoms with Crippen molar-refractivity contribution in [1.29, 1.82) is 0 Å². The quantitative estimate of drug-likeness (QED) is 0.625. The Hall–Kier alpha value is -2.63. The van der Waals surface area contributed by atoms with Gasteiger partial charge in [-0.25, -0.2) is 4.79 Å². The summed E-state index contributed by atoms with van der Waals surface area (Å²) in [6, 6.07) is 6.45. The number of carbonyl (C=O) groups excluding carboxylic acids is 2. The van der Waals surface area contributed by atoms with Crippen LogP contribution in [0.2, 0.25) is 0 Å². The van der Waals surface area contributed by atoms with Gasteiger partial charge < -0.3 is 15.2 Å². The number of carboxylic acid groups (broad SMARTS) is 1. The minimum absolute atomic E-state index is 0.00454. The lowest BCUT2D eigenvalue weighted by atomic mass is 9.62. The van der Waals surface area contributed by atoms with Crippen molar-refractivity contribution in [3.8, 4) is 0 Å². The number of ether oxygens (including phenoxy) is 1. The highest BCUT2D eigenvalue weighted by molar-refractivity contribution is 5.97. The van der Waals surface area contributed by atoms with Gasteiger partial charge in [0.15, 0.2) is 0 Å². The fourth-order valence-electron chi connectivity index (χ4n) is 4.70. The number of rotatable bonds is 5. The van der Waals surface area contributed by atoms with Gasteiger partial charge >= 0.3 is 11.9 Å². The molecule has 0 spiro atoms. The Labute approximate surface area is 151 Å². The maximum atomic E-state index is 12.9. The Kier molecular flexibility index (Phi) is 4.05. The fourth-order valence-corrected chi connectivity index (χ4v) is 4.70. The molecule has 1 amide bonds. The molecule has 2 fully saturated rings. The molecule has 2 saturated carbocycles. The van der Waals surface area contributed by atoms with E-state index in [4.69, 9.17) is 4.74 Å². The van der Waals surface area contributed by atoms with Crippen LogP contribution in [0.25, 0.3) is 0 Å². The number of hydrogen-bond acceptors (Lipinski definition) is 4. The second-order valence-corrected chi connectivity index (χ2v) is 7.28. The molecule has 1 aromatic carbocycles. The molecule has 2 N–H and O–H groups in total. The van der Waals surface area contributed by atoms with Crippen molar-refractivity contribution < 1.29 is 24.2 Å². The number of carboxylic acids is 1. The van der Waals surface area contributed by atoms with Crippen molar-refractivity contribution in [3.05, 3.63) is 42.0 Å². The summed E-state index contributed by atoms with van der Waals surface area (Å²) in [6.45, 7) is 2.04. The van der Waals surface area contributed by atoms with E-state index < -0.39 is 23.8 Å². The minimum atomic E-state index is -0.896. The normalized spacial score (nSPS) is 33.3. The van der Waals surface area contributed by atoms with Crippen LogP contribution in [0.1, 0.15) is 23.7 Å². The average Bonchev–Trinajstić information content (AvgIpc) is 3.44. The second-order valence-electron chi connectivity index (χ2n) is 7.28. The topological polar surface area (TPSA) is 92.7 Å². The number of aliphatic carboxylic acids is 1. The molecule has 6 atom stereocenters. The lowest BCUT2D eigenvalue weighted by Crippen LogP contribution is -2.48. The molecule has 0 aliphatic heterocycles. The van der Waals surface area contributed by atoms with Crippen molar-refractivity contribution >= 4 is 23.5 Å². The zero-order chi connectivity index (χ0) is 18.4. The summed E-state index contributed by atoms with van der Waals surface area (Å²) < 4.78 is 4.94. The van der Waals surface area contributed by atoms with Crippen LogP contribution >= 0.6 is 0 Å². The van der Waals surface area contributed by atoms with Crippen molar-refractivity contribution in [2.75, 3.05) is 11.9 Å². The molecule has 5 rings (SSSR count). The van der Waals surface area contributed by atoms with Crippen molar-refractivity contribution in [3.63, 3.8) is 0 Å². The van der Waals surface area contributed by atoms with Gasteiger partial charge in [0.25, 0.3) is 0 Å². The summed E-state index contributed by atoms with van der Waals surface area (Å²) in [5.74, 6) is -1.93. The first-order valence-electron chi connectivity index (χ1n) is 9.00. The fraction of sp³-hybridized carbons (Fsp3) is 0.450. The molecule has 6 nitrogen and oxygen atoms in total. The number of esters is 1. The Morgan fingerprint density at radius 2 is 1.69 bits per heavy atom. The molecule has 1 aromatic rings. The third kappa shape index (κ3) is 2.69. The molecule has 0 heterocycles. The number of fused-ring (bicyclic) bond motifs is 1. The summed E-state index contributed by atoms with van der Waals surface area (Å²) in [4.78, 5) is 36.3. The molecule has 136 valence electrons. The Balaban J connectivity index is 1.50. The van der Waals surface area contributed by atoms with Crippen LogP contribution in [0.15, 0.2) is 36.4 Å². The number of benzene rings is 1. The zero-order valence-corrected chi connectivity index (χ0v) is 14.4. The maximum Gasteiger partial charge on any atom is 0.338 e. The largest absolute Gasteiger partial charge is 0.481 e. The van der Waals surface area contributed by atoms with E-state index in [1.807, 2.05) is 12.2 Å². The average molecular weight is 355 g/mol. The summed E-state index contributed by atoms with van der Waals surface area (Å²) >= 11 is 0. The summed E-state index contributed by atoms with van der Waals surface area (Å²) in [6.07, 6.45) is 5.05. The molecular formula is C20H21NO5. The minimum Gasteiger partial charge on any atom is -0.481 e. The molecule has 2 bridgehead atoms. The first kappa shape index (κ1) is 16.8. The number of allylic oxidation sites excluding steroid dienone is 2. The second kappa shape index (κ2) is 6.27. The third-order valence-electron chi connectivity index (χ3n) is 5.90. The monoisotopic (exact) mass is 355 g/mol. The number of carbonyl (C=O) groups is 3. The van der Waals surface area contributed by atoms with E-state index in [1.54, 1.807) is 31.2 Å². The Bertz CT molecular complexity index is 784. The lowest BCUT2D eigenvalue weighted by Gasteiger charge is -2.41. The lowest BCUT2D eigenvalue weighted by molar-refractivity contribution is -0.152. The molecule has 4 aliphatic carbocycles. The van der Waals surface area contributed by atoms with Gasteiger partial charge in [-0.1, -0.05) is 12.2 Å². The van der Waals surface area contributed by atoms with Gasteiger partial charge in [-0.2, -0.15) is 0 Å². The van der Waals surface area contributed by atoms with E-state index in [1.165, 1.54) is 0 Å². The number of nitrogens with one attached hydrogen (secondary N) is 1. The van der Waals surface area contributed by atoms with Crippen LogP contribution in [0.3, 0.4) is 0 Å². The van der Waals surface area contributed by atoms with Gasteiger partial charge in [-0.15, -0.1) is 0 Å². The Morgan fingerprint density at radius 1 is 1.08 bits per heavy atom. The predicted octanol–water partition coefficient (Wildman–Crippen LogP) is 2.57. The van der Waals surface area contributed by atoms with E-state index in [0.717, 1.165) is 6.42 Å². The standard InChI is InChI=1S/C20H21NO5/c1-2-26-20(25)10-3-5-11(6-4-10)21-18(22)16-12-7-8-13(15-9-14(12)15)17(16)19(23)24/h3-8,12-17H,2,9H2,1H3,(H,21,22)(H,23,24)/t12-,13-,14-,15-,16+,17+/m1/s1. The van der Waals surface area contributed by atoms with E-state index in [2.05, 4.69) is 5.32 Å². The molecule has 4 aliphatic rings. The van der Waals surface area contributed by atoms with Crippen LogP contribution < -0.4 is 5.32 Å². The molecule has 0 unspecified atom stereocenters. The maximum absolute atomic E-state index is 12.9.